The monoisotopic (exact) mass is 341 g/mol. The third-order valence-electron chi connectivity index (χ3n) is 4.90. The van der Waals surface area contributed by atoms with Crippen LogP contribution in [0.2, 0.25) is 0 Å². The fraction of sp³-hybridized carbons (Fsp3) is 0.500. The molecule has 1 fully saturated rings. The van der Waals surface area contributed by atoms with E-state index >= 15 is 0 Å². The van der Waals surface area contributed by atoms with Crippen LogP contribution >= 0.6 is 0 Å². The maximum absolute atomic E-state index is 13.0. The predicted octanol–water partition coefficient (Wildman–Crippen LogP) is 2.76. The highest BCUT2D eigenvalue weighted by molar-refractivity contribution is 6.04. The van der Waals surface area contributed by atoms with Crippen LogP contribution in [0.15, 0.2) is 36.4 Å². The first-order chi connectivity index (χ1) is 11.9. The fourth-order valence-corrected chi connectivity index (χ4v) is 3.28. The molecular formula is C20H27N3O2. The van der Waals surface area contributed by atoms with Crippen molar-refractivity contribution in [1.82, 2.24) is 9.80 Å². The highest BCUT2D eigenvalue weighted by Gasteiger charge is 2.32. The van der Waals surface area contributed by atoms with Crippen molar-refractivity contribution in [3.05, 3.63) is 42.0 Å². The number of amides is 2. The number of nitrogens with zero attached hydrogens (tertiary/aromatic N) is 2. The lowest BCUT2D eigenvalue weighted by Crippen LogP contribution is -2.37. The maximum Gasteiger partial charge on any atom is 0.256 e. The van der Waals surface area contributed by atoms with Gasteiger partial charge in [0.05, 0.1) is 11.3 Å². The van der Waals surface area contributed by atoms with E-state index in [1.807, 2.05) is 37.8 Å². The van der Waals surface area contributed by atoms with Gasteiger partial charge in [0.1, 0.15) is 0 Å². The molecule has 1 unspecified atom stereocenters. The number of rotatable bonds is 3. The number of para-hydroxylation sites is 1. The molecular weight excluding hydrogens is 314 g/mol. The third kappa shape index (κ3) is 3.93. The molecule has 5 nitrogen and oxygen atoms in total. The quantitative estimate of drug-likeness (QED) is 0.860. The Balaban J connectivity index is 1.71. The van der Waals surface area contributed by atoms with Crippen molar-refractivity contribution in [3.63, 3.8) is 0 Å². The van der Waals surface area contributed by atoms with Crippen molar-refractivity contribution in [1.29, 1.82) is 0 Å². The average Bonchev–Trinajstić information content (AvgIpc) is 3.25. The lowest BCUT2D eigenvalue weighted by molar-refractivity contribution is -0.123. The molecule has 0 aliphatic carbocycles. The van der Waals surface area contributed by atoms with Gasteiger partial charge in [0.25, 0.3) is 5.91 Å². The first kappa shape index (κ1) is 17.7. The highest BCUT2D eigenvalue weighted by atomic mass is 16.2. The molecule has 1 saturated heterocycles. The van der Waals surface area contributed by atoms with Crippen LogP contribution in [0.3, 0.4) is 0 Å². The molecule has 2 heterocycles. The molecule has 0 aromatic heterocycles. The first-order valence-corrected chi connectivity index (χ1v) is 8.95. The van der Waals surface area contributed by atoms with Crippen LogP contribution in [0.1, 0.15) is 37.6 Å². The summed E-state index contributed by atoms with van der Waals surface area (Å²) < 4.78 is 0. The molecule has 1 N–H and O–H groups in total. The largest absolute Gasteiger partial charge is 0.337 e. The lowest BCUT2D eigenvalue weighted by atomic mass is 9.95. The van der Waals surface area contributed by atoms with Crippen LogP contribution in [-0.2, 0) is 4.79 Å². The minimum absolute atomic E-state index is 0.000495. The summed E-state index contributed by atoms with van der Waals surface area (Å²) in [5, 5.41) is 2.91. The molecule has 2 amide bonds. The topological polar surface area (TPSA) is 52.7 Å². The van der Waals surface area contributed by atoms with E-state index in [9.17, 15) is 9.59 Å². The van der Waals surface area contributed by atoms with Gasteiger partial charge in [0, 0.05) is 37.6 Å². The summed E-state index contributed by atoms with van der Waals surface area (Å²) in [4.78, 5) is 29.6. The van der Waals surface area contributed by atoms with Crippen molar-refractivity contribution >= 4 is 17.5 Å². The Morgan fingerprint density at radius 3 is 2.48 bits per heavy atom. The van der Waals surface area contributed by atoms with Crippen LogP contribution < -0.4 is 5.32 Å². The van der Waals surface area contributed by atoms with Gasteiger partial charge < -0.3 is 10.2 Å². The van der Waals surface area contributed by atoms with Gasteiger partial charge in [-0.2, -0.15) is 0 Å². The Hall–Kier alpha value is -2.14. The van der Waals surface area contributed by atoms with E-state index in [0.717, 1.165) is 32.6 Å². The number of carbonyl (C=O) groups is 2. The van der Waals surface area contributed by atoms with Crippen molar-refractivity contribution < 1.29 is 9.59 Å². The molecule has 3 rings (SSSR count). The normalized spacial score (nSPS) is 20.9. The van der Waals surface area contributed by atoms with E-state index < -0.39 is 5.41 Å². The number of likely N-dealkylation sites (tertiary alicyclic amines) is 1. The summed E-state index contributed by atoms with van der Waals surface area (Å²) in [5.74, 6) is -0.0883. The molecule has 5 heteroatoms. The van der Waals surface area contributed by atoms with Gasteiger partial charge in [-0.1, -0.05) is 45.1 Å². The Kier molecular flexibility index (Phi) is 4.95. The van der Waals surface area contributed by atoms with Crippen LogP contribution in [0.4, 0.5) is 5.69 Å². The third-order valence-corrected chi connectivity index (χ3v) is 4.90. The number of nitrogens with one attached hydrogen (secondary N) is 1. The molecule has 0 spiro atoms. The van der Waals surface area contributed by atoms with E-state index in [1.165, 1.54) is 0 Å². The molecule has 134 valence electrons. The molecule has 25 heavy (non-hydrogen) atoms. The smallest absolute Gasteiger partial charge is 0.256 e. The van der Waals surface area contributed by atoms with E-state index in [1.54, 1.807) is 12.1 Å². The number of anilines is 1. The minimum Gasteiger partial charge on any atom is -0.337 e. The summed E-state index contributed by atoms with van der Waals surface area (Å²) in [7, 11) is 0. The molecule has 0 saturated carbocycles. The zero-order valence-electron chi connectivity index (χ0n) is 15.3. The molecule has 0 bridgehead atoms. The van der Waals surface area contributed by atoms with E-state index in [0.29, 0.717) is 17.3 Å². The molecule has 1 atom stereocenters. The Labute approximate surface area is 149 Å². The second-order valence-electron chi connectivity index (χ2n) is 7.87. The molecule has 1 aromatic carbocycles. The van der Waals surface area contributed by atoms with Crippen molar-refractivity contribution in [2.45, 2.75) is 33.2 Å². The fourth-order valence-electron chi connectivity index (χ4n) is 3.28. The summed E-state index contributed by atoms with van der Waals surface area (Å²) in [5.41, 5.74) is 0.663. The van der Waals surface area contributed by atoms with Gasteiger partial charge in [0.2, 0.25) is 5.91 Å². The SMILES string of the molecule is CC(C)(C)C(=O)Nc1ccccc1C(=O)N1CCC(N2CC=CC2)C1. The van der Waals surface area contributed by atoms with Crippen molar-refractivity contribution in [2.75, 3.05) is 31.5 Å². The summed E-state index contributed by atoms with van der Waals surface area (Å²) in [6.07, 6.45) is 5.37. The lowest BCUT2D eigenvalue weighted by Gasteiger charge is -2.24. The van der Waals surface area contributed by atoms with E-state index in [4.69, 9.17) is 0 Å². The van der Waals surface area contributed by atoms with Crippen molar-refractivity contribution in [3.8, 4) is 0 Å². The van der Waals surface area contributed by atoms with Crippen LogP contribution in [0, 0.1) is 5.41 Å². The Morgan fingerprint density at radius 1 is 1.12 bits per heavy atom. The van der Waals surface area contributed by atoms with Gasteiger partial charge in [-0.25, -0.2) is 0 Å². The number of hydrogen-bond donors (Lipinski definition) is 1. The minimum atomic E-state index is -0.502. The standard InChI is InChI=1S/C20H27N3O2/c1-20(2,3)19(25)21-17-9-5-4-8-16(17)18(24)23-13-10-15(14-23)22-11-6-7-12-22/h4-9,15H,10-14H2,1-3H3,(H,21,25). The van der Waals surface area contributed by atoms with Gasteiger partial charge in [-0.3, -0.25) is 14.5 Å². The number of carbonyl (C=O) groups excluding carboxylic acids is 2. The van der Waals surface area contributed by atoms with Gasteiger partial charge in [-0.15, -0.1) is 0 Å². The maximum atomic E-state index is 13.0. The zero-order chi connectivity index (χ0) is 18.0. The zero-order valence-corrected chi connectivity index (χ0v) is 15.3. The Morgan fingerprint density at radius 2 is 1.80 bits per heavy atom. The first-order valence-electron chi connectivity index (χ1n) is 8.95. The second kappa shape index (κ2) is 7.00. The average molecular weight is 341 g/mol. The molecule has 2 aliphatic rings. The van der Waals surface area contributed by atoms with Crippen LogP contribution in [0.25, 0.3) is 0 Å². The Bertz CT molecular complexity index is 682. The summed E-state index contributed by atoms with van der Waals surface area (Å²) in [6, 6.07) is 7.71. The van der Waals surface area contributed by atoms with Crippen LogP contribution in [0.5, 0.6) is 0 Å². The second-order valence-corrected chi connectivity index (χ2v) is 7.87. The molecule has 0 radical (unpaired) electrons. The van der Waals surface area contributed by atoms with E-state index in [-0.39, 0.29) is 11.8 Å². The van der Waals surface area contributed by atoms with E-state index in [2.05, 4.69) is 22.4 Å². The molecule has 1 aromatic rings. The number of hydrogen-bond acceptors (Lipinski definition) is 3. The molecule has 2 aliphatic heterocycles. The summed E-state index contributed by atoms with van der Waals surface area (Å²) >= 11 is 0. The van der Waals surface area contributed by atoms with Crippen LogP contribution in [-0.4, -0.2) is 53.8 Å². The van der Waals surface area contributed by atoms with Gasteiger partial charge in [-0.05, 0) is 18.6 Å². The van der Waals surface area contributed by atoms with Crippen molar-refractivity contribution in [2.24, 2.45) is 5.41 Å². The predicted molar refractivity (Wildman–Crippen MR) is 99.5 cm³/mol. The highest BCUT2D eigenvalue weighted by Crippen LogP contribution is 2.25. The van der Waals surface area contributed by atoms with Gasteiger partial charge in [0.15, 0.2) is 0 Å². The van der Waals surface area contributed by atoms with Gasteiger partial charge >= 0.3 is 0 Å². The summed E-state index contributed by atoms with van der Waals surface area (Å²) in [6.45, 7) is 9.06. The number of benzene rings is 1.